The van der Waals surface area contributed by atoms with E-state index in [4.69, 9.17) is 9.47 Å². The highest BCUT2D eigenvalue weighted by Gasteiger charge is 2.57. The van der Waals surface area contributed by atoms with Crippen LogP contribution in [-0.4, -0.2) is 129 Å². The number of cyclic esters (lactones) is 1. The van der Waals surface area contributed by atoms with Crippen LogP contribution >= 0.6 is 0 Å². The van der Waals surface area contributed by atoms with Crippen molar-refractivity contribution in [3.8, 4) is 0 Å². The maximum absolute atomic E-state index is 14.7. The highest BCUT2D eigenvalue weighted by molar-refractivity contribution is 5.97. The molecule has 0 radical (unpaired) electrons. The van der Waals surface area contributed by atoms with Crippen LogP contribution in [0.2, 0.25) is 0 Å². The Labute approximate surface area is 328 Å². The van der Waals surface area contributed by atoms with Crippen LogP contribution in [0.25, 0.3) is 0 Å². The fourth-order valence-corrected chi connectivity index (χ4v) is 7.91. The van der Waals surface area contributed by atoms with Gasteiger partial charge in [0.15, 0.2) is 11.4 Å². The largest absolute Gasteiger partial charge is 0.458 e. The molecule has 10 unspecified atom stereocenters. The van der Waals surface area contributed by atoms with Crippen molar-refractivity contribution in [2.24, 2.45) is 23.7 Å². The number of amides is 5. The van der Waals surface area contributed by atoms with Crippen LogP contribution in [0.5, 0.6) is 0 Å². The first-order chi connectivity index (χ1) is 26.2. The molecule has 0 aliphatic carbocycles. The zero-order valence-corrected chi connectivity index (χ0v) is 34.0. The number of esters is 1. The van der Waals surface area contributed by atoms with E-state index in [1.165, 1.54) is 13.8 Å². The van der Waals surface area contributed by atoms with Crippen molar-refractivity contribution in [3.63, 3.8) is 0 Å². The third-order valence-corrected chi connectivity index (χ3v) is 11.4. The minimum Gasteiger partial charge on any atom is -0.458 e. The van der Waals surface area contributed by atoms with Crippen LogP contribution in [0.4, 0.5) is 0 Å². The van der Waals surface area contributed by atoms with Gasteiger partial charge >= 0.3 is 5.97 Å². The van der Waals surface area contributed by atoms with E-state index in [9.17, 15) is 43.8 Å². The van der Waals surface area contributed by atoms with Crippen molar-refractivity contribution in [3.05, 3.63) is 0 Å². The molecule has 4 aliphatic heterocycles. The monoisotopic (exact) mass is 793 g/mol. The SMILES string of the molecule is CC(C)CC1CCC(O)(C(C)(O)C(=O)NC2C(=O)N3NCCCC3C(=O)CC(C)C(=O)NCC(=O)N3NCCCC3C(=O)NC(C)C(=O)OC2C(C)C)OC1C. The molecule has 0 aromatic carbocycles. The Hall–Kier alpha value is -3.71. The van der Waals surface area contributed by atoms with Gasteiger partial charge in [-0.2, -0.15) is 0 Å². The summed E-state index contributed by atoms with van der Waals surface area (Å²) in [5.74, 6) is -8.83. The molecule has 10 atom stereocenters. The Morgan fingerprint density at radius 1 is 0.946 bits per heavy atom. The van der Waals surface area contributed by atoms with Crippen molar-refractivity contribution < 1.29 is 53.2 Å². The van der Waals surface area contributed by atoms with Gasteiger partial charge in [0.25, 0.3) is 17.7 Å². The van der Waals surface area contributed by atoms with Crippen molar-refractivity contribution in [2.45, 2.75) is 155 Å². The average molecular weight is 794 g/mol. The number of ether oxygens (including phenoxy) is 2. The number of hydrazine groups is 2. The molecular weight excluding hydrogens is 730 g/mol. The van der Waals surface area contributed by atoms with Crippen molar-refractivity contribution in [1.29, 1.82) is 0 Å². The number of nitrogens with one attached hydrogen (secondary N) is 5. The molecule has 4 saturated heterocycles. The van der Waals surface area contributed by atoms with Gasteiger partial charge in [-0.15, -0.1) is 0 Å². The van der Waals surface area contributed by atoms with Crippen LogP contribution in [0.15, 0.2) is 0 Å². The van der Waals surface area contributed by atoms with E-state index < -0.39 is 107 Å². The fourth-order valence-electron chi connectivity index (χ4n) is 7.91. The minimum atomic E-state index is -2.60. The Morgan fingerprint density at radius 3 is 2.18 bits per heavy atom. The van der Waals surface area contributed by atoms with Gasteiger partial charge in [-0.1, -0.05) is 34.6 Å². The lowest BCUT2D eigenvalue weighted by molar-refractivity contribution is -0.326. The molecule has 4 fully saturated rings. The Balaban J connectivity index is 1.71. The van der Waals surface area contributed by atoms with Crippen molar-refractivity contribution in [2.75, 3.05) is 19.6 Å². The highest BCUT2D eigenvalue weighted by atomic mass is 16.6. The first-order valence-electron chi connectivity index (χ1n) is 20.0. The number of hydrogen-bond acceptors (Lipinski definition) is 13. The molecule has 0 aromatic heterocycles. The number of Topliss-reactive ketones (excluding diaryl/α,β-unsaturated/α-hetero) is 1. The number of rotatable bonds is 6. The molecule has 4 aliphatic rings. The lowest BCUT2D eigenvalue weighted by Crippen LogP contribution is -2.70. The molecule has 316 valence electrons. The smallest absolute Gasteiger partial charge is 0.328 e. The summed E-state index contributed by atoms with van der Waals surface area (Å²) in [6.45, 7) is 13.4. The highest BCUT2D eigenvalue weighted by Crippen LogP contribution is 2.40. The van der Waals surface area contributed by atoms with Crippen LogP contribution < -0.4 is 26.8 Å². The van der Waals surface area contributed by atoms with Gasteiger partial charge in [0.05, 0.1) is 12.6 Å². The number of carbonyl (C=O) groups is 7. The molecular formula is C38H63N7O11. The average Bonchev–Trinajstić information content (AvgIpc) is 3.14. The Kier molecular flexibility index (Phi) is 15.0. The van der Waals surface area contributed by atoms with Gasteiger partial charge in [0, 0.05) is 31.8 Å². The first kappa shape index (κ1) is 45.0. The fraction of sp³-hybridized carbons (Fsp3) is 0.816. The minimum absolute atomic E-state index is 0.0699. The quantitative estimate of drug-likeness (QED) is 0.169. The summed E-state index contributed by atoms with van der Waals surface area (Å²) >= 11 is 0. The van der Waals surface area contributed by atoms with E-state index in [0.29, 0.717) is 31.7 Å². The number of nitrogens with zero attached hydrogens (tertiary/aromatic N) is 2. The summed E-state index contributed by atoms with van der Waals surface area (Å²) in [7, 11) is 0. The number of fused-ring (bicyclic) bond motifs is 2. The van der Waals surface area contributed by atoms with E-state index in [1.807, 2.05) is 0 Å². The van der Waals surface area contributed by atoms with Crippen LogP contribution in [-0.2, 0) is 43.0 Å². The lowest BCUT2D eigenvalue weighted by Gasteiger charge is -2.47. The normalized spacial score (nSPS) is 34.6. The molecule has 7 N–H and O–H groups in total. The topological polar surface area (TPSA) is 245 Å². The number of hydrogen-bond donors (Lipinski definition) is 7. The Morgan fingerprint density at radius 2 is 1.57 bits per heavy atom. The standard InChI is InChI=1S/C38H63N7O11/c1-20(2)17-25-13-14-38(54,56-24(25)7)37(8,53)36(52)43-30-31(21(3)4)55-35(51)23(6)42-33(49)27-12-10-15-40-44(27)29(47)19-39-32(48)22(5)18-28(46)26-11-9-16-41-45(26)34(30)50/h20-27,30-31,40-41,53-54H,9-19H2,1-8H3,(H,39,48)(H,42,49)(H,43,52). The number of carbonyl (C=O) groups excluding carboxylic acids is 7. The summed E-state index contributed by atoms with van der Waals surface area (Å²) in [6, 6.07) is -5.14. The van der Waals surface area contributed by atoms with Crippen molar-refractivity contribution >= 4 is 41.3 Å². The van der Waals surface area contributed by atoms with E-state index >= 15 is 0 Å². The summed E-state index contributed by atoms with van der Waals surface area (Å²) in [4.78, 5) is 96.3. The predicted molar refractivity (Wildman–Crippen MR) is 200 cm³/mol. The molecule has 4 heterocycles. The molecule has 4 rings (SSSR count). The summed E-state index contributed by atoms with van der Waals surface area (Å²) < 4.78 is 11.9. The predicted octanol–water partition coefficient (Wildman–Crippen LogP) is -0.439. The summed E-state index contributed by atoms with van der Waals surface area (Å²) in [6.07, 6.45) is 0.457. The molecule has 5 amide bonds. The third kappa shape index (κ3) is 10.2. The maximum atomic E-state index is 14.7. The van der Waals surface area contributed by atoms with Gasteiger partial charge in [-0.3, -0.25) is 38.8 Å². The second-order valence-corrected chi connectivity index (χ2v) is 16.8. The molecule has 18 nitrogen and oxygen atoms in total. The summed E-state index contributed by atoms with van der Waals surface area (Å²) in [5, 5.41) is 33.3. The van der Waals surface area contributed by atoms with Crippen LogP contribution in [0.1, 0.15) is 107 Å². The molecule has 56 heavy (non-hydrogen) atoms. The van der Waals surface area contributed by atoms with Crippen LogP contribution in [0.3, 0.4) is 0 Å². The second-order valence-electron chi connectivity index (χ2n) is 16.8. The number of ketones is 1. The molecule has 0 saturated carbocycles. The molecule has 18 heteroatoms. The number of aliphatic hydroxyl groups is 2. The maximum Gasteiger partial charge on any atom is 0.328 e. The van der Waals surface area contributed by atoms with Gasteiger partial charge in [-0.05, 0) is 77.0 Å². The lowest BCUT2D eigenvalue weighted by atomic mass is 9.79. The molecule has 0 aromatic rings. The van der Waals surface area contributed by atoms with E-state index in [-0.39, 0.29) is 38.1 Å². The van der Waals surface area contributed by atoms with Gasteiger partial charge in [0.2, 0.25) is 17.6 Å². The zero-order valence-electron chi connectivity index (χ0n) is 34.0. The van der Waals surface area contributed by atoms with Gasteiger partial charge < -0.3 is 35.6 Å². The van der Waals surface area contributed by atoms with Crippen LogP contribution in [0, 0.1) is 23.7 Å². The van der Waals surface area contributed by atoms with E-state index in [2.05, 4.69) is 40.6 Å². The Bertz CT molecular complexity index is 1490. The van der Waals surface area contributed by atoms with Gasteiger partial charge in [0.1, 0.15) is 30.3 Å². The third-order valence-electron chi connectivity index (χ3n) is 11.4. The molecule has 0 spiro atoms. The van der Waals surface area contributed by atoms with Gasteiger partial charge in [-0.25, -0.2) is 15.6 Å². The zero-order chi connectivity index (χ0) is 41.7. The first-order valence-corrected chi connectivity index (χ1v) is 20.0. The van der Waals surface area contributed by atoms with E-state index in [0.717, 1.165) is 23.4 Å². The van der Waals surface area contributed by atoms with E-state index in [1.54, 1.807) is 20.8 Å². The molecule has 0 bridgehead atoms. The van der Waals surface area contributed by atoms with Crippen molar-refractivity contribution in [1.82, 2.24) is 36.8 Å². The summed E-state index contributed by atoms with van der Waals surface area (Å²) in [5.41, 5.74) is 3.22. The second kappa shape index (κ2) is 18.7.